The smallest absolute Gasteiger partial charge is 0.139 e. The number of hydrogen-bond acceptors (Lipinski definition) is 5. The van der Waals surface area contributed by atoms with Crippen molar-refractivity contribution < 1.29 is 13.5 Å². The molecule has 4 aromatic rings. The van der Waals surface area contributed by atoms with Crippen molar-refractivity contribution in [1.82, 2.24) is 29.9 Å². The van der Waals surface area contributed by atoms with Crippen molar-refractivity contribution >= 4 is 0 Å². The minimum absolute atomic E-state index is 0.110. The molecule has 1 N–H and O–H groups in total. The predicted molar refractivity (Wildman–Crippen MR) is 103 cm³/mol. The summed E-state index contributed by atoms with van der Waals surface area (Å²) < 4.78 is 35.8. The summed E-state index contributed by atoms with van der Waals surface area (Å²) in [5.41, 5.74) is 3.76. The summed E-state index contributed by atoms with van der Waals surface area (Å²) in [6.07, 6.45) is 3.18. The number of imidazole rings is 1. The van der Waals surface area contributed by atoms with E-state index in [1.807, 2.05) is 6.92 Å². The van der Waals surface area contributed by atoms with Crippen LogP contribution in [0.3, 0.4) is 0 Å². The lowest BCUT2D eigenvalue weighted by atomic mass is 10.0. The van der Waals surface area contributed by atoms with Crippen LogP contribution in [0.1, 0.15) is 12.6 Å². The summed E-state index contributed by atoms with van der Waals surface area (Å²) in [7, 11) is 1.73. The van der Waals surface area contributed by atoms with Gasteiger partial charge in [-0.1, -0.05) is 0 Å². The lowest BCUT2D eigenvalue weighted by molar-refractivity contribution is 0.337. The summed E-state index contributed by atoms with van der Waals surface area (Å²) in [5.74, 6) is -1.33. The van der Waals surface area contributed by atoms with Gasteiger partial charge in [-0.2, -0.15) is 15.4 Å². The van der Waals surface area contributed by atoms with Crippen molar-refractivity contribution in [3.05, 3.63) is 54.1 Å². The number of pyridine rings is 1. The van der Waals surface area contributed by atoms with Crippen LogP contribution in [0.15, 0.2) is 36.8 Å². The zero-order valence-corrected chi connectivity index (χ0v) is 16.1. The van der Waals surface area contributed by atoms with Gasteiger partial charge in [-0.3, -0.25) is 4.98 Å². The van der Waals surface area contributed by atoms with Crippen LogP contribution in [-0.2, 0) is 7.05 Å². The van der Waals surface area contributed by atoms with Gasteiger partial charge in [0, 0.05) is 30.9 Å². The quantitative estimate of drug-likeness (QED) is 0.553. The molecule has 29 heavy (non-hydrogen) atoms. The third kappa shape index (κ3) is 3.35. The van der Waals surface area contributed by atoms with E-state index in [0.29, 0.717) is 22.8 Å². The highest BCUT2D eigenvalue weighted by molar-refractivity contribution is 5.82. The molecule has 7 nitrogen and oxygen atoms in total. The summed E-state index contributed by atoms with van der Waals surface area (Å²) >= 11 is 0. The molecule has 3 heterocycles. The number of rotatable bonds is 5. The average molecular weight is 396 g/mol. The third-order valence-electron chi connectivity index (χ3n) is 4.49. The molecular formula is C20H18F2N6O. The zero-order chi connectivity index (χ0) is 20.5. The molecule has 0 aliphatic rings. The summed E-state index contributed by atoms with van der Waals surface area (Å²) in [4.78, 5) is 8.81. The van der Waals surface area contributed by atoms with Gasteiger partial charge in [-0.25, -0.2) is 13.8 Å². The van der Waals surface area contributed by atoms with Crippen molar-refractivity contribution in [1.29, 1.82) is 0 Å². The van der Waals surface area contributed by atoms with Crippen molar-refractivity contribution in [2.24, 2.45) is 7.05 Å². The SMILES string of the molecule is CCOc1cc(F)cc(F)c1-c1c(-c2cc(-c3n[nH]nc3C)ccn2)ncn1C. The molecular weight excluding hydrogens is 378 g/mol. The standard InChI is InChI=1S/C20H18F2N6O/c1-4-29-16-9-13(21)8-14(22)17(16)20-19(24-10-28(20)3)15-7-12(5-6-23-15)18-11(2)25-27-26-18/h5-10H,4H2,1-3H3,(H,25,26,27). The lowest BCUT2D eigenvalue weighted by Crippen LogP contribution is -2.02. The van der Waals surface area contributed by atoms with Crippen LogP contribution in [0.2, 0.25) is 0 Å². The molecule has 0 radical (unpaired) electrons. The van der Waals surface area contributed by atoms with Gasteiger partial charge in [0.15, 0.2) is 0 Å². The first-order valence-electron chi connectivity index (χ1n) is 8.97. The predicted octanol–water partition coefficient (Wildman–Crippen LogP) is 3.92. The molecule has 0 spiro atoms. The highest BCUT2D eigenvalue weighted by atomic mass is 19.1. The van der Waals surface area contributed by atoms with Gasteiger partial charge in [0.05, 0.1) is 35.6 Å². The van der Waals surface area contributed by atoms with Crippen LogP contribution < -0.4 is 4.74 Å². The van der Waals surface area contributed by atoms with Gasteiger partial charge in [0.25, 0.3) is 0 Å². The van der Waals surface area contributed by atoms with E-state index in [4.69, 9.17) is 4.74 Å². The van der Waals surface area contributed by atoms with E-state index < -0.39 is 11.6 Å². The molecule has 0 amide bonds. The molecule has 4 rings (SSSR count). The second-order valence-corrected chi connectivity index (χ2v) is 6.43. The fraction of sp³-hybridized carbons (Fsp3) is 0.200. The van der Waals surface area contributed by atoms with Crippen LogP contribution in [0.5, 0.6) is 5.75 Å². The minimum atomic E-state index is -0.734. The van der Waals surface area contributed by atoms with Gasteiger partial charge >= 0.3 is 0 Å². The maximum absolute atomic E-state index is 14.8. The maximum Gasteiger partial charge on any atom is 0.139 e. The number of aromatic nitrogens is 6. The lowest BCUT2D eigenvalue weighted by Gasteiger charge is -2.14. The number of nitrogens with zero attached hydrogens (tertiary/aromatic N) is 5. The fourth-order valence-corrected chi connectivity index (χ4v) is 3.23. The molecule has 9 heteroatoms. The van der Waals surface area contributed by atoms with Crippen LogP contribution >= 0.6 is 0 Å². The molecule has 0 aliphatic carbocycles. The van der Waals surface area contributed by atoms with E-state index in [2.05, 4.69) is 25.4 Å². The number of halogens is 2. The molecule has 0 fully saturated rings. The normalized spacial score (nSPS) is 11.1. The molecule has 0 unspecified atom stereocenters. The fourth-order valence-electron chi connectivity index (χ4n) is 3.23. The summed E-state index contributed by atoms with van der Waals surface area (Å²) in [5, 5.41) is 10.8. The molecule has 148 valence electrons. The van der Waals surface area contributed by atoms with Crippen LogP contribution in [0.4, 0.5) is 8.78 Å². The number of ether oxygens (including phenoxy) is 1. The van der Waals surface area contributed by atoms with Crippen molar-refractivity contribution in [3.8, 4) is 39.7 Å². The summed E-state index contributed by atoms with van der Waals surface area (Å²) in [6.45, 7) is 3.86. The molecule has 0 atom stereocenters. The Morgan fingerprint density at radius 1 is 1.10 bits per heavy atom. The Morgan fingerprint density at radius 2 is 1.93 bits per heavy atom. The Balaban J connectivity index is 1.90. The monoisotopic (exact) mass is 396 g/mol. The second-order valence-electron chi connectivity index (χ2n) is 6.43. The van der Waals surface area contributed by atoms with Gasteiger partial charge in [0.2, 0.25) is 0 Å². The molecule has 1 aromatic carbocycles. The maximum atomic E-state index is 14.8. The third-order valence-corrected chi connectivity index (χ3v) is 4.49. The first-order chi connectivity index (χ1) is 14.0. The van der Waals surface area contributed by atoms with Gasteiger partial charge in [-0.15, -0.1) is 0 Å². The van der Waals surface area contributed by atoms with Gasteiger partial charge < -0.3 is 9.30 Å². The van der Waals surface area contributed by atoms with E-state index in [1.165, 1.54) is 6.07 Å². The minimum Gasteiger partial charge on any atom is -0.493 e. The van der Waals surface area contributed by atoms with Gasteiger partial charge in [-0.05, 0) is 26.0 Å². The van der Waals surface area contributed by atoms with Crippen LogP contribution in [-0.4, -0.2) is 36.6 Å². The molecule has 3 aromatic heterocycles. The second kappa shape index (κ2) is 7.42. The average Bonchev–Trinajstić information content (AvgIpc) is 3.28. The number of benzene rings is 1. The highest BCUT2D eigenvalue weighted by Crippen LogP contribution is 2.39. The zero-order valence-electron chi connectivity index (χ0n) is 16.1. The number of nitrogens with one attached hydrogen (secondary N) is 1. The Kier molecular flexibility index (Phi) is 4.79. The Labute approximate surface area is 165 Å². The topological polar surface area (TPSA) is 81.5 Å². The number of aromatic amines is 1. The van der Waals surface area contributed by atoms with E-state index in [9.17, 15) is 8.78 Å². The number of hydrogen-bond donors (Lipinski definition) is 1. The van der Waals surface area contributed by atoms with Crippen LogP contribution in [0, 0.1) is 18.6 Å². The van der Waals surface area contributed by atoms with E-state index in [-0.39, 0.29) is 17.9 Å². The first kappa shape index (κ1) is 18.7. The summed E-state index contributed by atoms with van der Waals surface area (Å²) in [6, 6.07) is 5.61. The highest BCUT2D eigenvalue weighted by Gasteiger charge is 2.23. The number of aryl methyl sites for hydroxylation is 2. The molecule has 0 bridgehead atoms. The number of H-pyrrole nitrogens is 1. The molecule has 0 saturated carbocycles. The largest absolute Gasteiger partial charge is 0.493 e. The van der Waals surface area contributed by atoms with Crippen molar-refractivity contribution in [2.75, 3.05) is 6.61 Å². The van der Waals surface area contributed by atoms with Crippen molar-refractivity contribution in [2.45, 2.75) is 13.8 Å². The van der Waals surface area contributed by atoms with Crippen molar-refractivity contribution in [3.63, 3.8) is 0 Å². The van der Waals surface area contributed by atoms with E-state index in [0.717, 1.165) is 17.3 Å². The molecule has 0 saturated heterocycles. The Hall–Kier alpha value is -3.62. The Morgan fingerprint density at radius 3 is 2.66 bits per heavy atom. The van der Waals surface area contributed by atoms with Crippen LogP contribution in [0.25, 0.3) is 33.9 Å². The van der Waals surface area contributed by atoms with E-state index >= 15 is 0 Å². The van der Waals surface area contributed by atoms with E-state index in [1.54, 1.807) is 43.2 Å². The van der Waals surface area contributed by atoms with Gasteiger partial charge in [0.1, 0.15) is 28.8 Å². The Bertz CT molecular complexity index is 1180. The molecule has 0 aliphatic heterocycles. The first-order valence-corrected chi connectivity index (χ1v) is 8.97.